The summed E-state index contributed by atoms with van der Waals surface area (Å²) in [5.74, 6) is -0.721. The van der Waals surface area contributed by atoms with Gasteiger partial charge in [-0.15, -0.1) is 11.3 Å². The maximum atomic E-state index is 14.0. The van der Waals surface area contributed by atoms with Gasteiger partial charge < -0.3 is 14.8 Å². The highest BCUT2D eigenvalue weighted by atomic mass is 32.1. The lowest BCUT2D eigenvalue weighted by atomic mass is 9.95. The molecule has 12 heteroatoms. The molecule has 3 heterocycles. The highest BCUT2D eigenvalue weighted by Gasteiger charge is 2.36. The van der Waals surface area contributed by atoms with Crippen LogP contribution in [0.2, 0.25) is 0 Å². The minimum Gasteiger partial charge on any atom is -0.497 e. The number of nitrogens with zero attached hydrogens (tertiary/aromatic N) is 3. The summed E-state index contributed by atoms with van der Waals surface area (Å²) in [6.45, 7) is 2.12. The zero-order valence-electron chi connectivity index (χ0n) is 21.2. The van der Waals surface area contributed by atoms with E-state index in [2.05, 4.69) is 15.4 Å². The third-order valence-corrected chi connectivity index (χ3v) is 7.58. The van der Waals surface area contributed by atoms with Crippen molar-refractivity contribution in [2.24, 2.45) is 0 Å². The van der Waals surface area contributed by atoms with Crippen LogP contribution in [0.3, 0.4) is 0 Å². The van der Waals surface area contributed by atoms with Gasteiger partial charge in [0.25, 0.3) is 5.91 Å². The lowest BCUT2D eigenvalue weighted by Gasteiger charge is -2.12. The number of aryl methyl sites for hydroxylation is 1. The van der Waals surface area contributed by atoms with E-state index < -0.39 is 23.7 Å². The Kier molecular flexibility index (Phi) is 7.30. The van der Waals surface area contributed by atoms with Crippen molar-refractivity contribution in [1.29, 1.82) is 0 Å². The van der Waals surface area contributed by atoms with Crippen LogP contribution in [-0.4, -0.2) is 40.2 Å². The molecule has 0 unspecified atom stereocenters. The van der Waals surface area contributed by atoms with Gasteiger partial charge in [0, 0.05) is 16.5 Å². The monoisotopic (exact) mass is 558 g/mol. The summed E-state index contributed by atoms with van der Waals surface area (Å²) in [5, 5.41) is 6.95. The number of esters is 1. The third-order valence-electron chi connectivity index (χ3n) is 6.38. The Morgan fingerprint density at radius 3 is 2.56 bits per heavy atom. The van der Waals surface area contributed by atoms with E-state index in [-0.39, 0.29) is 23.6 Å². The van der Waals surface area contributed by atoms with E-state index in [1.807, 2.05) is 6.92 Å². The molecule has 204 valence electrons. The topological polar surface area (TPSA) is 94.8 Å². The minimum atomic E-state index is -4.76. The van der Waals surface area contributed by atoms with Crippen molar-refractivity contribution in [3.8, 4) is 17.0 Å². The van der Waals surface area contributed by atoms with E-state index in [1.165, 1.54) is 24.5 Å². The predicted octanol–water partition coefficient (Wildman–Crippen LogP) is 6.18. The van der Waals surface area contributed by atoms with Crippen LogP contribution in [0.1, 0.15) is 63.2 Å². The molecule has 0 radical (unpaired) electrons. The number of fused-ring (bicyclic) bond motifs is 2. The maximum absolute atomic E-state index is 14.0. The van der Waals surface area contributed by atoms with E-state index in [4.69, 9.17) is 9.47 Å². The third kappa shape index (κ3) is 5.33. The van der Waals surface area contributed by atoms with Gasteiger partial charge in [-0.2, -0.15) is 18.3 Å². The molecule has 39 heavy (non-hydrogen) atoms. The van der Waals surface area contributed by atoms with E-state index in [1.54, 1.807) is 24.3 Å². The van der Waals surface area contributed by atoms with Crippen molar-refractivity contribution in [1.82, 2.24) is 14.6 Å². The number of amides is 1. The normalized spacial score (nSPS) is 13.3. The molecule has 5 rings (SSSR count). The molecule has 1 aliphatic rings. The Morgan fingerprint density at radius 2 is 1.87 bits per heavy atom. The Morgan fingerprint density at radius 1 is 1.13 bits per heavy atom. The van der Waals surface area contributed by atoms with Gasteiger partial charge in [0.05, 0.1) is 25.0 Å². The summed E-state index contributed by atoms with van der Waals surface area (Å²) in [6, 6.07) is 8.51. The Balaban J connectivity index is 1.52. The van der Waals surface area contributed by atoms with Gasteiger partial charge >= 0.3 is 12.1 Å². The molecule has 1 aromatic carbocycles. The van der Waals surface area contributed by atoms with Gasteiger partial charge in [-0.05, 0) is 68.0 Å². The van der Waals surface area contributed by atoms with Crippen molar-refractivity contribution in [3.05, 3.63) is 63.8 Å². The smallest absolute Gasteiger partial charge is 0.433 e. The van der Waals surface area contributed by atoms with E-state index >= 15 is 0 Å². The Bertz CT molecular complexity index is 1540. The van der Waals surface area contributed by atoms with Gasteiger partial charge in [0.15, 0.2) is 17.0 Å². The molecule has 1 N–H and O–H groups in total. The molecular weight excluding hydrogens is 533 g/mol. The number of aromatic nitrogens is 3. The molecule has 0 aliphatic heterocycles. The summed E-state index contributed by atoms with van der Waals surface area (Å²) < 4.78 is 53.1. The first kappa shape index (κ1) is 26.7. The van der Waals surface area contributed by atoms with Crippen LogP contribution in [0.5, 0.6) is 5.75 Å². The fourth-order valence-corrected chi connectivity index (χ4v) is 5.77. The molecule has 0 bridgehead atoms. The number of hydrogen-bond donors (Lipinski definition) is 1. The predicted molar refractivity (Wildman–Crippen MR) is 139 cm³/mol. The fraction of sp³-hybridized carbons (Fsp3) is 0.333. The van der Waals surface area contributed by atoms with Crippen LogP contribution in [0.15, 0.2) is 36.4 Å². The summed E-state index contributed by atoms with van der Waals surface area (Å²) in [5.41, 5.74) is 0.200. The quantitative estimate of drug-likeness (QED) is 0.272. The second-order valence-electron chi connectivity index (χ2n) is 9.06. The molecule has 4 aromatic rings. The second-order valence-corrected chi connectivity index (χ2v) is 10.2. The second kappa shape index (κ2) is 10.7. The summed E-state index contributed by atoms with van der Waals surface area (Å²) in [4.78, 5) is 31.4. The van der Waals surface area contributed by atoms with Crippen molar-refractivity contribution < 1.29 is 32.2 Å². The van der Waals surface area contributed by atoms with Crippen molar-refractivity contribution in [2.75, 3.05) is 19.0 Å². The molecule has 8 nitrogen and oxygen atoms in total. The van der Waals surface area contributed by atoms with Crippen LogP contribution < -0.4 is 10.1 Å². The van der Waals surface area contributed by atoms with Crippen molar-refractivity contribution in [3.63, 3.8) is 0 Å². The summed E-state index contributed by atoms with van der Waals surface area (Å²) in [7, 11) is 1.49. The summed E-state index contributed by atoms with van der Waals surface area (Å²) in [6.07, 6.45) is -0.747. The van der Waals surface area contributed by atoms with Crippen LogP contribution in [-0.2, 0) is 23.8 Å². The number of benzene rings is 1. The number of alkyl halides is 3. The van der Waals surface area contributed by atoms with Gasteiger partial charge in [0.1, 0.15) is 10.8 Å². The SMILES string of the molecule is CCCOC(=O)c1c(NC(=O)c2cc3nc(-c4ccc(OC)cc4)cc(C(F)(F)F)n3n2)sc2c1CCCC2. The van der Waals surface area contributed by atoms with E-state index in [0.29, 0.717) is 39.2 Å². The first-order valence-electron chi connectivity index (χ1n) is 12.4. The number of nitrogens with one attached hydrogen (secondary N) is 1. The Labute approximate surface area is 225 Å². The van der Waals surface area contributed by atoms with Crippen LogP contribution in [0.25, 0.3) is 16.9 Å². The molecule has 0 fully saturated rings. The van der Waals surface area contributed by atoms with Crippen LogP contribution in [0, 0.1) is 0 Å². The maximum Gasteiger partial charge on any atom is 0.433 e. The number of ether oxygens (including phenoxy) is 2. The zero-order chi connectivity index (χ0) is 27.7. The molecule has 1 aliphatic carbocycles. The fourth-order valence-electron chi connectivity index (χ4n) is 4.50. The van der Waals surface area contributed by atoms with Crippen LogP contribution in [0.4, 0.5) is 18.2 Å². The number of halogens is 3. The molecule has 1 amide bonds. The first-order valence-corrected chi connectivity index (χ1v) is 13.3. The number of methoxy groups -OCH3 is 1. The number of hydrogen-bond acceptors (Lipinski definition) is 7. The molecule has 0 saturated heterocycles. The van der Waals surface area contributed by atoms with Gasteiger partial charge in [-0.1, -0.05) is 6.92 Å². The summed E-state index contributed by atoms with van der Waals surface area (Å²) >= 11 is 1.29. The standard InChI is InChI=1S/C27H25F3N4O4S/c1-3-12-38-26(36)23-17-6-4-5-7-20(17)39-25(23)32-24(35)19-14-22-31-18(15-8-10-16(37-2)11-9-15)13-21(27(28,29)30)34(22)33-19/h8-11,13-14H,3-7,12H2,1-2H3,(H,32,35). The number of carbonyl (C=O) groups excluding carboxylic acids is 2. The molecular formula is C27H25F3N4O4S. The highest BCUT2D eigenvalue weighted by Crippen LogP contribution is 2.39. The first-order chi connectivity index (χ1) is 18.7. The van der Waals surface area contributed by atoms with Gasteiger partial charge in [-0.25, -0.2) is 14.3 Å². The molecule has 0 spiro atoms. The number of rotatable bonds is 7. The zero-order valence-corrected chi connectivity index (χ0v) is 22.0. The highest BCUT2D eigenvalue weighted by molar-refractivity contribution is 7.17. The van der Waals surface area contributed by atoms with Gasteiger partial charge in [-0.3, -0.25) is 4.79 Å². The Hall–Kier alpha value is -3.93. The molecule has 0 atom stereocenters. The van der Waals surface area contributed by atoms with Crippen molar-refractivity contribution >= 4 is 33.9 Å². The molecule has 0 saturated carbocycles. The minimum absolute atomic E-state index is 0.0659. The molecule has 3 aromatic heterocycles. The average molecular weight is 559 g/mol. The number of thiophene rings is 1. The van der Waals surface area contributed by atoms with Gasteiger partial charge in [0.2, 0.25) is 0 Å². The number of anilines is 1. The average Bonchev–Trinajstić information content (AvgIpc) is 3.52. The van der Waals surface area contributed by atoms with E-state index in [0.717, 1.165) is 35.8 Å². The van der Waals surface area contributed by atoms with E-state index in [9.17, 15) is 22.8 Å². The van der Waals surface area contributed by atoms with Crippen LogP contribution >= 0.6 is 11.3 Å². The lowest BCUT2D eigenvalue weighted by Crippen LogP contribution is -2.17. The lowest BCUT2D eigenvalue weighted by molar-refractivity contribution is -0.142. The number of carbonyl (C=O) groups is 2. The largest absolute Gasteiger partial charge is 0.497 e. The van der Waals surface area contributed by atoms with Crippen molar-refractivity contribution in [2.45, 2.75) is 45.2 Å².